The Morgan fingerprint density at radius 2 is 1.79 bits per heavy atom. The Kier molecular flexibility index (Phi) is 10.6. The van der Waals surface area contributed by atoms with Gasteiger partial charge in [-0.05, 0) is 12.8 Å². The van der Waals surface area contributed by atoms with Crippen LogP contribution >= 0.6 is 0 Å². The summed E-state index contributed by atoms with van der Waals surface area (Å²) in [5.41, 5.74) is 0. The van der Waals surface area contributed by atoms with Crippen molar-refractivity contribution in [3.63, 3.8) is 0 Å². The van der Waals surface area contributed by atoms with Crippen molar-refractivity contribution < 1.29 is 27.8 Å². The summed E-state index contributed by atoms with van der Waals surface area (Å²) in [5.74, 6) is -0.0875. The third-order valence-corrected chi connectivity index (χ3v) is 2.41. The van der Waals surface area contributed by atoms with Gasteiger partial charge in [-0.2, -0.15) is 13.2 Å². The number of carbonyl (C=O) groups is 1. The van der Waals surface area contributed by atoms with Crippen LogP contribution in [0.3, 0.4) is 0 Å². The number of carbonyl (C=O) groups excluding carboxylic acids is 1. The van der Waals surface area contributed by atoms with Crippen LogP contribution in [0.15, 0.2) is 0 Å². The molecule has 0 heterocycles. The second-order valence-electron chi connectivity index (χ2n) is 4.22. The van der Waals surface area contributed by atoms with Gasteiger partial charge in [0.05, 0.1) is 19.6 Å². The van der Waals surface area contributed by atoms with Crippen molar-refractivity contribution in [2.24, 2.45) is 0 Å². The Morgan fingerprint density at radius 3 is 2.42 bits per heavy atom. The molecule has 0 aromatic rings. The molecular weight excluding hydrogens is 263 g/mol. The van der Waals surface area contributed by atoms with E-state index in [1.165, 1.54) is 0 Å². The minimum atomic E-state index is -4.15. The molecule has 0 aliphatic carbocycles. The molecule has 0 fully saturated rings. The van der Waals surface area contributed by atoms with Crippen molar-refractivity contribution in [2.45, 2.75) is 44.7 Å². The van der Waals surface area contributed by atoms with E-state index in [4.69, 9.17) is 9.84 Å². The van der Waals surface area contributed by atoms with E-state index in [0.717, 1.165) is 19.3 Å². The number of hydrogen-bond acceptors (Lipinski definition) is 3. The number of aliphatic hydroxyl groups excluding tert-OH is 1. The average molecular weight is 285 g/mol. The maximum absolute atomic E-state index is 11.8. The SMILES string of the molecule is O=C(CCCCCCOCCC(F)(F)F)NCCO. The van der Waals surface area contributed by atoms with Gasteiger partial charge in [-0.3, -0.25) is 4.79 Å². The lowest BCUT2D eigenvalue weighted by Gasteiger charge is -2.07. The predicted octanol–water partition coefficient (Wildman–Crippen LogP) is 2.01. The summed E-state index contributed by atoms with van der Waals surface area (Å²) in [7, 11) is 0. The van der Waals surface area contributed by atoms with E-state index in [1.54, 1.807) is 0 Å². The first-order chi connectivity index (χ1) is 8.95. The van der Waals surface area contributed by atoms with E-state index in [0.29, 0.717) is 19.4 Å². The highest BCUT2D eigenvalue weighted by molar-refractivity contribution is 5.75. The molecule has 0 aliphatic heterocycles. The van der Waals surface area contributed by atoms with Crippen molar-refractivity contribution in [1.29, 1.82) is 0 Å². The van der Waals surface area contributed by atoms with Crippen LogP contribution < -0.4 is 5.32 Å². The first-order valence-corrected chi connectivity index (χ1v) is 6.48. The molecule has 114 valence electrons. The van der Waals surface area contributed by atoms with Gasteiger partial charge in [0, 0.05) is 19.6 Å². The molecule has 2 N–H and O–H groups in total. The van der Waals surface area contributed by atoms with E-state index in [1.807, 2.05) is 0 Å². The third kappa shape index (κ3) is 15.1. The zero-order chi connectivity index (χ0) is 14.6. The van der Waals surface area contributed by atoms with Crippen molar-refractivity contribution >= 4 is 5.91 Å². The van der Waals surface area contributed by atoms with Gasteiger partial charge in [-0.1, -0.05) is 12.8 Å². The Morgan fingerprint density at radius 1 is 1.11 bits per heavy atom. The molecule has 0 unspecified atom stereocenters. The van der Waals surface area contributed by atoms with Crippen LogP contribution in [0.4, 0.5) is 13.2 Å². The molecule has 1 amide bonds. The summed E-state index contributed by atoms with van der Waals surface area (Å²) in [4.78, 5) is 11.1. The third-order valence-electron chi connectivity index (χ3n) is 2.41. The maximum Gasteiger partial charge on any atom is 0.391 e. The van der Waals surface area contributed by atoms with Crippen LogP contribution in [0.2, 0.25) is 0 Å². The normalized spacial score (nSPS) is 11.6. The van der Waals surface area contributed by atoms with Gasteiger partial charge < -0.3 is 15.2 Å². The average Bonchev–Trinajstić information content (AvgIpc) is 2.33. The number of ether oxygens (including phenoxy) is 1. The second kappa shape index (κ2) is 11.0. The standard InChI is InChI=1S/C12H22F3NO3/c13-12(14,15)6-10-19-9-4-2-1-3-5-11(18)16-7-8-17/h17H,1-10H2,(H,16,18). The first-order valence-electron chi connectivity index (χ1n) is 6.48. The molecule has 0 bridgehead atoms. The summed E-state index contributed by atoms with van der Waals surface area (Å²) >= 11 is 0. The van der Waals surface area contributed by atoms with E-state index >= 15 is 0 Å². The lowest BCUT2D eigenvalue weighted by Crippen LogP contribution is -2.25. The molecule has 0 saturated carbocycles. The molecule has 0 spiro atoms. The molecule has 4 nitrogen and oxygen atoms in total. The summed E-state index contributed by atoms with van der Waals surface area (Å²) in [6, 6.07) is 0. The minimum absolute atomic E-state index is 0.0684. The maximum atomic E-state index is 11.8. The minimum Gasteiger partial charge on any atom is -0.395 e. The van der Waals surface area contributed by atoms with Gasteiger partial charge in [0.15, 0.2) is 0 Å². The highest BCUT2D eigenvalue weighted by atomic mass is 19.4. The van der Waals surface area contributed by atoms with Gasteiger partial charge in [0.1, 0.15) is 0 Å². The van der Waals surface area contributed by atoms with Crippen molar-refractivity contribution in [3.05, 3.63) is 0 Å². The zero-order valence-electron chi connectivity index (χ0n) is 11.0. The number of nitrogens with one attached hydrogen (secondary N) is 1. The summed E-state index contributed by atoms with van der Waals surface area (Å²) in [6.07, 6.45) is -1.53. The quantitative estimate of drug-likeness (QED) is 0.571. The molecule has 0 aliphatic rings. The van der Waals surface area contributed by atoms with Gasteiger partial charge in [-0.25, -0.2) is 0 Å². The molecule has 0 radical (unpaired) electrons. The van der Waals surface area contributed by atoms with Gasteiger partial charge >= 0.3 is 6.18 Å². The van der Waals surface area contributed by atoms with Crippen LogP contribution in [0.5, 0.6) is 0 Å². The zero-order valence-corrected chi connectivity index (χ0v) is 11.0. The lowest BCUT2D eigenvalue weighted by atomic mass is 10.1. The molecule has 0 saturated heterocycles. The molecule has 7 heteroatoms. The Bertz CT molecular complexity index is 235. The molecule has 19 heavy (non-hydrogen) atoms. The fourth-order valence-electron chi connectivity index (χ4n) is 1.42. The molecule has 0 atom stereocenters. The van der Waals surface area contributed by atoms with Gasteiger partial charge in [0.25, 0.3) is 0 Å². The second-order valence-corrected chi connectivity index (χ2v) is 4.22. The summed E-state index contributed by atoms with van der Waals surface area (Å²) in [5, 5.41) is 11.0. The molecule has 0 aromatic heterocycles. The van der Waals surface area contributed by atoms with E-state index in [2.05, 4.69) is 5.32 Å². The van der Waals surface area contributed by atoms with Crippen molar-refractivity contribution in [2.75, 3.05) is 26.4 Å². The number of alkyl halides is 3. The fourth-order valence-corrected chi connectivity index (χ4v) is 1.42. The predicted molar refractivity (Wildman–Crippen MR) is 64.7 cm³/mol. The van der Waals surface area contributed by atoms with Crippen molar-refractivity contribution in [3.8, 4) is 0 Å². The Labute approximate surface area is 111 Å². The topological polar surface area (TPSA) is 58.6 Å². The highest BCUT2D eigenvalue weighted by Crippen LogP contribution is 2.19. The summed E-state index contributed by atoms with van der Waals surface area (Å²) in [6.45, 7) is 0.243. The van der Waals surface area contributed by atoms with Crippen LogP contribution in [-0.2, 0) is 9.53 Å². The van der Waals surface area contributed by atoms with Crippen LogP contribution in [0.25, 0.3) is 0 Å². The molecule has 0 aromatic carbocycles. The summed E-state index contributed by atoms with van der Waals surface area (Å²) < 4.78 is 40.1. The lowest BCUT2D eigenvalue weighted by molar-refractivity contribution is -0.145. The van der Waals surface area contributed by atoms with E-state index < -0.39 is 12.6 Å². The van der Waals surface area contributed by atoms with Crippen LogP contribution in [0, 0.1) is 0 Å². The molecule has 0 rings (SSSR count). The smallest absolute Gasteiger partial charge is 0.391 e. The van der Waals surface area contributed by atoms with Crippen LogP contribution in [-0.4, -0.2) is 43.6 Å². The number of halogens is 3. The Balaban J connectivity index is 3.17. The highest BCUT2D eigenvalue weighted by Gasteiger charge is 2.26. The van der Waals surface area contributed by atoms with Crippen molar-refractivity contribution in [1.82, 2.24) is 5.32 Å². The number of amides is 1. The van der Waals surface area contributed by atoms with E-state index in [9.17, 15) is 18.0 Å². The van der Waals surface area contributed by atoms with Gasteiger partial charge in [-0.15, -0.1) is 0 Å². The Hall–Kier alpha value is -0.820. The monoisotopic (exact) mass is 285 g/mol. The number of aliphatic hydroxyl groups is 1. The first kappa shape index (κ1) is 18.2. The molecular formula is C12H22F3NO3. The van der Waals surface area contributed by atoms with E-state index in [-0.39, 0.29) is 25.7 Å². The van der Waals surface area contributed by atoms with Gasteiger partial charge in [0.2, 0.25) is 5.91 Å². The van der Waals surface area contributed by atoms with Crippen LogP contribution in [0.1, 0.15) is 38.5 Å². The number of unbranched alkanes of at least 4 members (excludes halogenated alkanes) is 3. The fraction of sp³-hybridized carbons (Fsp3) is 0.917. The number of rotatable bonds is 11. The number of hydrogen-bond donors (Lipinski definition) is 2. The largest absolute Gasteiger partial charge is 0.395 e.